The lowest BCUT2D eigenvalue weighted by Gasteiger charge is -2.06. The molecule has 2 atom stereocenters. The molecule has 1 aliphatic rings. The van der Waals surface area contributed by atoms with Crippen molar-refractivity contribution in [1.29, 1.82) is 0 Å². The van der Waals surface area contributed by atoms with Gasteiger partial charge in [0.2, 0.25) is 0 Å². The Labute approximate surface area is 82.9 Å². The quantitative estimate of drug-likeness (QED) is 0.801. The molecular formula is C11H14FNO. The summed E-state index contributed by atoms with van der Waals surface area (Å²) in [5.74, 6) is 0.434. The highest BCUT2D eigenvalue weighted by Crippen LogP contribution is 2.40. The Balaban J connectivity index is 2.22. The van der Waals surface area contributed by atoms with E-state index in [0.29, 0.717) is 18.3 Å². The van der Waals surface area contributed by atoms with Crippen molar-refractivity contribution in [2.75, 3.05) is 6.61 Å². The maximum Gasteiger partial charge on any atom is 0.165 e. The first kappa shape index (κ1) is 9.46. The van der Waals surface area contributed by atoms with Gasteiger partial charge in [0, 0.05) is 12.0 Å². The van der Waals surface area contributed by atoms with E-state index in [1.165, 1.54) is 6.07 Å². The fourth-order valence-electron chi connectivity index (χ4n) is 1.61. The van der Waals surface area contributed by atoms with E-state index in [-0.39, 0.29) is 11.9 Å². The highest BCUT2D eigenvalue weighted by atomic mass is 19.1. The maximum atomic E-state index is 13.2. The average Bonchev–Trinajstić information content (AvgIpc) is 2.87. The molecule has 0 aromatic heterocycles. The highest BCUT2D eigenvalue weighted by molar-refractivity contribution is 5.36. The molecule has 14 heavy (non-hydrogen) atoms. The first-order valence-corrected chi connectivity index (χ1v) is 4.90. The number of ether oxygens (including phenoxy) is 1. The second-order valence-corrected chi connectivity index (χ2v) is 3.63. The van der Waals surface area contributed by atoms with E-state index < -0.39 is 0 Å². The minimum Gasteiger partial charge on any atom is -0.491 e. The summed E-state index contributed by atoms with van der Waals surface area (Å²) in [6.07, 6.45) is 0.997. The molecule has 0 radical (unpaired) electrons. The molecule has 1 aliphatic carbocycles. The zero-order valence-corrected chi connectivity index (χ0v) is 8.16. The molecule has 2 N–H and O–H groups in total. The summed E-state index contributed by atoms with van der Waals surface area (Å²) in [7, 11) is 0. The molecule has 1 saturated carbocycles. The van der Waals surface area contributed by atoms with Gasteiger partial charge in [0.15, 0.2) is 11.6 Å². The minimum atomic E-state index is -0.301. The lowest BCUT2D eigenvalue weighted by molar-refractivity contribution is 0.321. The van der Waals surface area contributed by atoms with Crippen molar-refractivity contribution in [3.05, 3.63) is 29.6 Å². The molecule has 2 nitrogen and oxygen atoms in total. The number of rotatable bonds is 3. The summed E-state index contributed by atoms with van der Waals surface area (Å²) < 4.78 is 18.4. The Morgan fingerprint density at radius 3 is 2.86 bits per heavy atom. The summed E-state index contributed by atoms with van der Waals surface area (Å²) in [5, 5.41) is 0. The van der Waals surface area contributed by atoms with Gasteiger partial charge >= 0.3 is 0 Å². The molecule has 0 spiro atoms. The van der Waals surface area contributed by atoms with E-state index in [1.807, 2.05) is 6.92 Å². The van der Waals surface area contributed by atoms with Gasteiger partial charge in [-0.1, -0.05) is 6.07 Å². The molecule has 0 heterocycles. The number of hydrogen-bond donors (Lipinski definition) is 1. The van der Waals surface area contributed by atoms with Crippen LogP contribution >= 0.6 is 0 Å². The van der Waals surface area contributed by atoms with Crippen molar-refractivity contribution in [2.24, 2.45) is 5.73 Å². The van der Waals surface area contributed by atoms with Crippen LogP contribution in [0.4, 0.5) is 4.39 Å². The lowest BCUT2D eigenvalue weighted by atomic mass is 10.1. The van der Waals surface area contributed by atoms with Crippen LogP contribution in [-0.4, -0.2) is 12.6 Å². The second-order valence-electron chi connectivity index (χ2n) is 3.63. The number of nitrogens with two attached hydrogens (primary N) is 1. The van der Waals surface area contributed by atoms with Crippen molar-refractivity contribution in [3.63, 3.8) is 0 Å². The normalized spacial score (nSPS) is 24.8. The van der Waals surface area contributed by atoms with Crippen LogP contribution in [0, 0.1) is 5.82 Å². The number of hydrogen-bond acceptors (Lipinski definition) is 2. The smallest absolute Gasteiger partial charge is 0.165 e. The summed E-state index contributed by atoms with van der Waals surface area (Å²) in [4.78, 5) is 0. The van der Waals surface area contributed by atoms with Gasteiger partial charge in [-0.25, -0.2) is 4.39 Å². The van der Waals surface area contributed by atoms with Crippen LogP contribution in [0.5, 0.6) is 5.75 Å². The van der Waals surface area contributed by atoms with E-state index in [1.54, 1.807) is 12.1 Å². The molecule has 2 rings (SSSR count). The van der Waals surface area contributed by atoms with E-state index >= 15 is 0 Å². The molecular weight excluding hydrogens is 181 g/mol. The molecule has 0 saturated heterocycles. The average molecular weight is 195 g/mol. The van der Waals surface area contributed by atoms with Crippen LogP contribution in [0.3, 0.4) is 0 Å². The van der Waals surface area contributed by atoms with Crippen molar-refractivity contribution in [2.45, 2.75) is 25.3 Å². The van der Waals surface area contributed by atoms with Crippen molar-refractivity contribution < 1.29 is 9.13 Å². The fraction of sp³-hybridized carbons (Fsp3) is 0.455. The fourth-order valence-corrected chi connectivity index (χ4v) is 1.61. The predicted molar refractivity (Wildman–Crippen MR) is 52.9 cm³/mol. The maximum absolute atomic E-state index is 13.2. The summed E-state index contributed by atoms with van der Waals surface area (Å²) in [6.45, 7) is 2.33. The van der Waals surface area contributed by atoms with Gasteiger partial charge < -0.3 is 10.5 Å². The zero-order chi connectivity index (χ0) is 10.1. The largest absolute Gasteiger partial charge is 0.491 e. The van der Waals surface area contributed by atoms with Crippen LogP contribution < -0.4 is 10.5 Å². The molecule has 0 amide bonds. The Morgan fingerprint density at radius 2 is 2.29 bits per heavy atom. The molecule has 0 aliphatic heterocycles. The Morgan fingerprint density at radius 1 is 1.57 bits per heavy atom. The first-order chi connectivity index (χ1) is 6.72. The number of benzene rings is 1. The van der Waals surface area contributed by atoms with Gasteiger partial charge in [-0.3, -0.25) is 0 Å². The van der Waals surface area contributed by atoms with Crippen molar-refractivity contribution >= 4 is 0 Å². The Hall–Kier alpha value is -1.09. The van der Waals surface area contributed by atoms with Crippen LogP contribution in [-0.2, 0) is 0 Å². The predicted octanol–water partition coefficient (Wildman–Crippen LogP) is 2.04. The van der Waals surface area contributed by atoms with E-state index in [9.17, 15) is 4.39 Å². The molecule has 0 bridgehead atoms. The topological polar surface area (TPSA) is 35.2 Å². The molecule has 1 fully saturated rings. The lowest BCUT2D eigenvalue weighted by Crippen LogP contribution is -2.02. The van der Waals surface area contributed by atoms with Gasteiger partial charge in [-0.15, -0.1) is 0 Å². The van der Waals surface area contributed by atoms with Crippen molar-refractivity contribution in [1.82, 2.24) is 0 Å². The van der Waals surface area contributed by atoms with E-state index in [2.05, 4.69) is 0 Å². The van der Waals surface area contributed by atoms with Crippen LogP contribution in [0.1, 0.15) is 24.8 Å². The van der Waals surface area contributed by atoms with E-state index in [4.69, 9.17) is 10.5 Å². The zero-order valence-electron chi connectivity index (χ0n) is 8.16. The van der Waals surface area contributed by atoms with Gasteiger partial charge in [0.05, 0.1) is 6.61 Å². The van der Waals surface area contributed by atoms with E-state index in [0.717, 1.165) is 12.0 Å². The van der Waals surface area contributed by atoms with Gasteiger partial charge in [0.25, 0.3) is 0 Å². The minimum absolute atomic E-state index is 0.245. The second kappa shape index (κ2) is 3.58. The molecule has 3 heteroatoms. The summed E-state index contributed by atoms with van der Waals surface area (Å²) in [5.41, 5.74) is 6.81. The Kier molecular flexibility index (Phi) is 2.42. The van der Waals surface area contributed by atoms with Crippen LogP contribution in [0.2, 0.25) is 0 Å². The van der Waals surface area contributed by atoms with Crippen molar-refractivity contribution in [3.8, 4) is 5.75 Å². The highest BCUT2D eigenvalue weighted by Gasteiger charge is 2.35. The molecule has 1 aromatic carbocycles. The summed E-state index contributed by atoms with van der Waals surface area (Å²) in [6, 6.07) is 5.24. The molecule has 76 valence electrons. The third-order valence-electron chi connectivity index (χ3n) is 2.52. The molecule has 1 aromatic rings. The standard InChI is InChI=1S/C11H14FNO/c1-2-14-11-5-7(3-4-9(11)12)8-6-10(8)13/h3-5,8,10H,2,6,13H2,1H3/t8-,10+/m0/s1. The van der Waals surface area contributed by atoms with Crippen LogP contribution in [0.15, 0.2) is 18.2 Å². The third kappa shape index (κ3) is 1.73. The molecule has 0 unspecified atom stereocenters. The third-order valence-corrected chi connectivity index (χ3v) is 2.52. The number of halogens is 1. The van der Waals surface area contributed by atoms with Gasteiger partial charge in [-0.05, 0) is 31.0 Å². The van der Waals surface area contributed by atoms with Gasteiger partial charge in [0.1, 0.15) is 0 Å². The SMILES string of the molecule is CCOc1cc([C@@H]2C[C@H]2N)ccc1F. The van der Waals surface area contributed by atoms with Gasteiger partial charge in [-0.2, -0.15) is 0 Å². The van der Waals surface area contributed by atoms with Crippen LogP contribution in [0.25, 0.3) is 0 Å². The summed E-state index contributed by atoms with van der Waals surface area (Å²) >= 11 is 0. The first-order valence-electron chi connectivity index (χ1n) is 4.90. The monoisotopic (exact) mass is 195 g/mol. The Bertz CT molecular complexity index is 340.